The van der Waals surface area contributed by atoms with Crippen molar-refractivity contribution in [3.05, 3.63) is 12.2 Å². The van der Waals surface area contributed by atoms with Crippen LogP contribution in [0, 0.1) is 5.92 Å². The van der Waals surface area contributed by atoms with E-state index in [1.165, 1.54) is 4.90 Å². The van der Waals surface area contributed by atoms with Crippen LogP contribution < -0.4 is 0 Å². The van der Waals surface area contributed by atoms with Crippen molar-refractivity contribution in [1.82, 2.24) is 4.90 Å². The second-order valence-corrected chi connectivity index (χ2v) is 7.21. The van der Waals surface area contributed by atoms with E-state index in [0.717, 1.165) is 38.5 Å². The predicted octanol–water partition coefficient (Wildman–Crippen LogP) is 2.79. The standard InChI is InChI=1S/C20H33NO5/c1-3-4-5-6-7-10-16(22)15(2)19(23)21-13-12-17(20(21)24)26-18-11-8-9-14-25-18/h3-4,15,17-18,20,24H,5-14H2,1-2H3/b4-3+. The summed E-state index contributed by atoms with van der Waals surface area (Å²) in [7, 11) is 0. The quantitative estimate of drug-likeness (QED) is 0.385. The zero-order chi connectivity index (χ0) is 18.9. The number of likely N-dealkylation sites (tertiary alicyclic amines) is 1. The van der Waals surface area contributed by atoms with E-state index in [4.69, 9.17) is 9.47 Å². The van der Waals surface area contributed by atoms with Gasteiger partial charge in [-0.1, -0.05) is 12.2 Å². The van der Waals surface area contributed by atoms with Crippen molar-refractivity contribution in [3.63, 3.8) is 0 Å². The number of rotatable bonds is 9. The van der Waals surface area contributed by atoms with Gasteiger partial charge in [-0.15, -0.1) is 0 Å². The molecule has 4 unspecified atom stereocenters. The molecule has 0 aliphatic carbocycles. The lowest BCUT2D eigenvalue weighted by Gasteiger charge is -2.29. The number of ketones is 1. The van der Waals surface area contributed by atoms with Crippen molar-refractivity contribution in [2.75, 3.05) is 13.2 Å². The number of carbonyl (C=O) groups is 2. The highest BCUT2D eigenvalue weighted by Gasteiger charge is 2.40. The summed E-state index contributed by atoms with van der Waals surface area (Å²) in [5.74, 6) is -1.06. The highest BCUT2D eigenvalue weighted by molar-refractivity contribution is 6.01. The first-order chi connectivity index (χ1) is 12.5. The van der Waals surface area contributed by atoms with E-state index in [1.807, 2.05) is 13.0 Å². The van der Waals surface area contributed by atoms with Gasteiger partial charge in [0.2, 0.25) is 5.91 Å². The van der Waals surface area contributed by atoms with Gasteiger partial charge in [0.05, 0.1) is 5.92 Å². The number of ether oxygens (including phenoxy) is 2. The second-order valence-electron chi connectivity index (χ2n) is 7.21. The van der Waals surface area contributed by atoms with Crippen LogP contribution in [0.15, 0.2) is 12.2 Å². The molecule has 2 aliphatic heterocycles. The number of unbranched alkanes of at least 4 members (excludes halogenated alkanes) is 2. The Hall–Kier alpha value is -1.24. The fourth-order valence-electron chi connectivity index (χ4n) is 3.47. The van der Waals surface area contributed by atoms with Crippen LogP contribution in [0.25, 0.3) is 0 Å². The normalized spacial score (nSPS) is 27.8. The molecule has 0 aromatic carbocycles. The highest BCUT2D eigenvalue weighted by atomic mass is 16.7. The van der Waals surface area contributed by atoms with Crippen molar-refractivity contribution < 1.29 is 24.2 Å². The average Bonchev–Trinajstić information content (AvgIpc) is 3.01. The summed E-state index contributed by atoms with van der Waals surface area (Å²) in [5.41, 5.74) is 0. The monoisotopic (exact) mass is 367 g/mol. The molecule has 1 N–H and O–H groups in total. The number of hydrogen-bond acceptors (Lipinski definition) is 5. The highest BCUT2D eigenvalue weighted by Crippen LogP contribution is 2.25. The summed E-state index contributed by atoms with van der Waals surface area (Å²) < 4.78 is 11.4. The van der Waals surface area contributed by atoms with Crippen molar-refractivity contribution in [2.45, 2.75) is 83.8 Å². The van der Waals surface area contributed by atoms with Gasteiger partial charge in [0.15, 0.2) is 12.5 Å². The maximum absolute atomic E-state index is 12.6. The van der Waals surface area contributed by atoms with Crippen molar-refractivity contribution in [2.24, 2.45) is 5.92 Å². The Morgan fingerprint density at radius 1 is 1.31 bits per heavy atom. The van der Waals surface area contributed by atoms with E-state index < -0.39 is 18.2 Å². The van der Waals surface area contributed by atoms with Crippen molar-refractivity contribution in [3.8, 4) is 0 Å². The number of amides is 1. The van der Waals surface area contributed by atoms with Crippen LogP contribution >= 0.6 is 0 Å². The lowest BCUT2D eigenvalue weighted by molar-refractivity contribution is -0.210. The Kier molecular flexibility index (Phi) is 8.75. The molecule has 2 fully saturated rings. The van der Waals surface area contributed by atoms with Crippen LogP contribution in [-0.2, 0) is 19.1 Å². The summed E-state index contributed by atoms with van der Waals surface area (Å²) in [6.45, 7) is 4.71. The third-order valence-electron chi connectivity index (χ3n) is 5.19. The number of nitrogens with zero attached hydrogens (tertiary/aromatic N) is 1. The first kappa shape index (κ1) is 21.1. The van der Waals surface area contributed by atoms with Gasteiger partial charge in [0.1, 0.15) is 11.9 Å². The number of carbonyl (C=O) groups excluding carboxylic acids is 2. The topological polar surface area (TPSA) is 76.1 Å². The Morgan fingerprint density at radius 2 is 2.12 bits per heavy atom. The van der Waals surface area contributed by atoms with Gasteiger partial charge < -0.3 is 19.5 Å². The van der Waals surface area contributed by atoms with E-state index in [-0.39, 0.29) is 18.0 Å². The van der Waals surface area contributed by atoms with Gasteiger partial charge in [0, 0.05) is 19.6 Å². The van der Waals surface area contributed by atoms with Crippen LogP contribution in [0.4, 0.5) is 0 Å². The fraction of sp³-hybridized carbons (Fsp3) is 0.800. The van der Waals surface area contributed by atoms with Gasteiger partial charge in [-0.25, -0.2) is 0 Å². The zero-order valence-corrected chi connectivity index (χ0v) is 16.1. The molecule has 2 aliphatic rings. The number of hydrogen-bond donors (Lipinski definition) is 1. The molecule has 148 valence electrons. The first-order valence-electron chi connectivity index (χ1n) is 9.94. The van der Waals surface area contributed by atoms with Crippen LogP contribution in [-0.4, -0.2) is 53.5 Å². The molecular formula is C20H33NO5. The molecule has 0 aromatic heterocycles. The average molecular weight is 367 g/mol. The van der Waals surface area contributed by atoms with E-state index in [9.17, 15) is 14.7 Å². The molecule has 0 bridgehead atoms. The van der Waals surface area contributed by atoms with Gasteiger partial charge in [-0.3, -0.25) is 9.59 Å². The number of Topliss-reactive ketones (excluding diaryl/α,β-unsaturated/α-hetero) is 1. The maximum atomic E-state index is 12.6. The van der Waals surface area contributed by atoms with Crippen LogP contribution in [0.3, 0.4) is 0 Å². The molecule has 2 rings (SSSR count). The Balaban J connectivity index is 1.77. The fourth-order valence-corrected chi connectivity index (χ4v) is 3.47. The van der Waals surface area contributed by atoms with E-state index >= 15 is 0 Å². The van der Waals surface area contributed by atoms with E-state index in [0.29, 0.717) is 26.0 Å². The van der Waals surface area contributed by atoms with Crippen molar-refractivity contribution >= 4 is 11.7 Å². The molecule has 4 atom stereocenters. The molecule has 0 radical (unpaired) electrons. The minimum Gasteiger partial charge on any atom is -0.371 e. The summed E-state index contributed by atoms with van der Waals surface area (Å²) in [5, 5.41) is 10.5. The van der Waals surface area contributed by atoms with Gasteiger partial charge in [0.25, 0.3) is 0 Å². The molecule has 26 heavy (non-hydrogen) atoms. The molecule has 0 saturated carbocycles. The van der Waals surface area contributed by atoms with Crippen LogP contribution in [0.2, 0.25) is 0 Å². The SMILES string of the molecule is C/C=C/CCCCC(=O)C(C)C(=O)N1CCC(OC2CCCCO2)C1O. The van der Waals surface area contributed by atoms with E-state index in [1.54, 1.807) is 6.92 Å². The second kappa shape index (κ2) is 10.8. The van der Waals surface area contributed by atoms with Gasteiger partial charge in [-0.05, 0) is 58.8 Å². The third kappa shape index (κ3) is 5.89. The number of allylic oxidation sites excluding steroid dienone is 2. The summed E-state index contributed by atoms with van der Waals surface area (Å²) in [4.78, 5) is 26.3. The molecule has 6 nitrogen and oxygen atoms in total. The number of aliphatic hydroxyl groups is 1. The minimum atomic E-state index is -1.00. The Labute approximate surface area is 156 Å². The van der Waals surface area contributed by atoms with Crippen molar-refractivity contribution in [1.29, 1.82) is 0 Å². The summed E-state index contributed by atoms with van der Waals surface area (Å²) in [6, 6.07) is 0. The summed E-state index contributed by atoms with van der Waals surface area (Å²) in [6.07, 6.45) is 8.91. The first-order valence-corrected chi connectivity index (χ1v) is 9.94. The van der Waals surface area contributed by atoms with Crippen LogP contribution in [0.1, 0.15) is 65.2 Å². The lowest BCUT2D eigenvalue weighted by Crippen LogP contribution is -2.45. The largest absolute Gasteiger partial charge is 0.371 e. The van der Waals surface area contributed by atoms with Gasteiger partial charge in [-0.2, -0.15) is 0 Å². The zero-order valence-electron chi connectivity index (χ0n) is 16.1. The molecular weight excluding hydrogens is 334 g/mol. The predicted molar refractivity (Wildman–Crippen MR) is 98.3 cm³/mol. The molecule has 0 aromatic rings. The molecule has 2 heterocycles. The Bertz CT molecular complexity index is 487. The molecule has 0 spiro atoms. The molecule has 1 amide bonds. The van der Waals surface area contributed by atoms with Gasteiger partial charge >= 0.3 is 0 Å². The maximum Gasteiger partial charge on any atom is 0.234 e. The van der Waals surface area contributed by atoms with E-state index in [2.05, 4.69) is 6.08 Å². The third-order valence-corrected chi connectivity index (χ3v) is 5.19. The smallest absolute Gasteiger partial charge is 0.234 e. The Morgan fingerprint density at radius 3 is 2.81 bits per heavy atom. The summed E-state index contributed by atoms with van der Waals surface area (Å²) >= 11 is 0. The lowest BCUT2D eigenvalue weighted by atomic mass is 9.99. The number of aliphatic hydroxyl groups excluding tert-OH is 1. The van der Waals surface area contributed by atoms with Crippen LogP contribution in [0.5, 0.6) is 0 Å². The molecule has 6 heteroatoms. The molecule has 2 saturated heterocycles. The minimum absolute atomic E-state index is 0.0531.